The normalized spacial score (nSPS) is 24.4. The van der Waals surface area contributed by atoms with Crippen molar-refractivity contribution in [2.75, 3.05) is 44.8 Å². The molecule has 0 spiro atoms. The number of ether oxygens (including phenoxy) is 1. The third kappa shape index (κ3) is 5.38. The summed E-state index contributed by atoms with van der Waals surface area (Å²) >= 11 is 0. The number of hydrogen-bond acceptors (Lipinski definition) is 5. The summed E-state index contributed by atoms with van der Waals surface area (Å²) in [5, 5.41) is -0.367. The van der Waals surface area contributed by atoms with Crippen molar-refractivity contribution in [3.63, 3.8) is 0 Å². The Morgan fingerprint density at radius 3 is 2.52 bits per heavy atom. The predicted octanol–water partition coefficient (Wildman–Crippen LogP) is 2.60. The Bertz CT molecular complexity index is 872. The Morgan fingerprint density at radius 1 is 1.19 bits per heavy atom. The van der Waals surface area contributed by atoms with Gasteiger partial charge in [0.15, 0.2) is 0 Å². The Labute approximate surface area is 185 Å². The van der Waals surface area contributed by atoms with E-state index >= 15 is 0 Å². The third-order valence-electron chi connectivity index (χ3n) is 6.38. The zero-order valence-corrected chi connectivity index (χ0v) is 19.5. The van der Waals surface area contributed by atoms with Crippen molar-refractivity contribution in [2.24, 2.45) is 0 Å². The highest BCUT2D eigenvalue weighted by Gasteiger charge is 2.39. The van der Waals surface area contributed by atoms with Crippen LogP contribution in [0, 0.1) is 5.82 Å². The summed E-state index contributed by atoms with van der Waals surface area (Å²) in [4.78, 5) is 15.7. The van der Waals surface area contributed by atoms with Crippen LogP contribution >= 0.6 is 0 Å². The van der Waals surface area contributed by atoms with Gasteiger partial charge >= 0.3 is 0 Å². The molecule has 0 bridgehead atoms. The summed E-state index contributed by atoms with van der Waals surface area (Å²) in [6.07, 6.45) is 2.94. The number of hydrogen-bond donors (Lipinski definition) is 0. The smallest absolute Gasteiger partial charge is 0.248 e. The maximum Gasteiger partial charge on any atom is 0.248 e. The predicted molar refractivity (Wildman–Crippen MR) is 119 cm³/mol. The molecule has 2 atom stereocenters. The lowest BCUT2D eigenvalue weighted by Gasteiger charge is -2.38. The van der Waals surface area contributed by atoms with E-state index in [-0.39, 0.29) is 30.4 Å². The maximum absolute atomic E-state index is 15.0. The van der Waals surface area contributed by atoms with Crippen molar-refractivity contribution in [1.29, 1.82) is 0 Å². The number of carbonyl (C=O) groups is 1. The quantitative estimate of drug-likeness (QED) is 0.632. The number of anilines is 1. The number of halogens is 1. The zero-order chi connectivity index (χ0) is 22.6. The lowest BCUT2D eigenvalue weighted by Crippen LogP contribution is -2.49. The summed E-state index contributed by atoms with van der Waals surface area (Å²) in [7, 11) is -1.93. The number of amides is 1. The van der Waals surface area contributed by atoms with Crippen LogP contribution in [0.25, 0.3) is 0 Å². The first-order valence-corrected chi connectivity index (χ1v) is 12.6. The minimum Gasteiger partial charge on any atom is -0.375 e. The summed E-state index contributed by atoms with van der Waals surface area (Å²) in [6.45, 7) is 6.38. The van der Waals surface area contributed by atoms with Crippen LogP contribution in [-0.2, 0) is 26.1 Å². The van der Waals surface area contributed by atoms with Crippen LogP contribution in [0.15, 0.2) is 18.2 Å². The molecule has 1 unspecified atom stereocenters. The lowest BCUT2D eigenvalue weighted by atomic mass is 10.1. The van der Waals surface area contributed by atoms with Crippen LogP contribution in [0.1, 0.15) is 45.1 Å². The number of nitrogens with zero attached hydrogens (tertiary/aromatic N) is 3. The molecule has 9 heteroatoms. The Hall–Kier alpha value is -1.71. The molecule has 0 aliphatic carbocycles. The fourth-order valence-electron chi connectivity index (χ4n) is 4.48. The van der Waals surface area contributed by atoms with E-state index in [9.17, 15) is 17.6 Å². The molecule has 7 nitrogen and oxygen atoms in total. The highest BCUT2D eigenvalue weighted by molar-refractivity contribution is 7.89. The van der Waals surface area contributed by atoms with Crippen molar-refractivity contribution >= 4 is 21.6 Å². The van der Waals surface area contributed by atoms with Gasteiger partial charge in [-0.15, -0.1) is 0 Å². The molecular weight excluding hydrogens is 421 g/mol. The molecule has 2 heterocycles. The van der Waals surface area contributed by atoms with Crippen LogP contribution in [-0.4, -0.2) is 74.7 Å². The molecule has 2 fully saturated rings. The molecule has 2 aliphatic heterocycles. The highest BCUT2D eigenvalue weighted by Crippen LogP contribution is 2.31. The van der Waals surface area contributed by atoms with Gasteiger partial charge in [-0.2, -0.15) is 4.31 Å². The minimum atomic E-state index is -3.43. The summed E-state index contributed by atoms with van der Waals surface area (Å²) < 4.78 is 47.4. The molecule has 0 aromatic heterocycles. The van der Waals surface area contributed by atoms with Crippen LogP contribution in [0.5, 0.6) is 0 Å². The molecule has 3 rings (SSSR count). The van der Waals surface area contributed by atoms with Gasteiger partial charge in [0.2, 0.25) is 15.9 Å². The fourth-order valence-corrected chi connectivity index (χ4v) is 6.76. The largest absolute Gasteiger partial charge is 0.375 e. The van der Waals surface area contributed by atoms with Crippen LogP contribution in [0.2, 0.25) is 0 Å². The number of rotatable bonds is 7. The molecule has 0 radical (unpaired) electrons. The van der Waals surface area contributed by atoms with Gasteiger partial charge < -0.3 is 14.5 Å². The van der Waals surface area contributed by atoms with Crippen molar-refractivity contribution < 1.29 is 22.3 Å². The Morgan fingerprint density at radius 2 is 1.90 bits per heavy atom. The molecule has 1 aromatic rings. The number of carbonyl (C=O) groups excluding carboxylic acids is 1. The standard InChI is InChI=1S/C22H34FN3O4S/c1-4-5-20-9-6-17(2)26(31(20,28)29)15-18-7-8-19(14-21(18)23)24-10-12-25(13-11-24)22(27)16-30-3/h7-8,14,17,20H,4-6,9-13,15-16H2,1-3H3/t17-,20?/m0/s1. The molecule has 31 heavy (non-hydrogen) atoms. The van der Waals surface area contributed by atoms with Crippen LogP contribution < -0.4 is 4.90 Å². The molecule has 174 valence electrons. The molecule has 2 saturated heterocycles. The molecule has 1 aromatic carbocycles. The van der Waals surface area contributed by atoms with E-state index in [0.29, 0.717) is 44.6 Å². The van der Waals surface area contributed by atoms with Gasteiger partial charge in [0.1, 0.15) is 12.4 Å². The lowest BCUT2D eigenvalue weighted by molar-refractivity contribution is -0.135. The molecule has 2 aliphatic rings. The van der Waals surface area contributed by atoms with E-state index < -0.39 is 15.8 Å². The van der Waals surface area contributed by atoms with Gasteiger partial charge in [-0.1, -0.05) is 19.4 Å². The van der Waals surface area contributed by atoms with Gasteiger partial charge in [0.05, 0.1) is 5.25 Å². The number of piperazine rings is 1. The van der Waals surface area contributed by atoms with Crippen molar-refractivity contribution in [3.8, 4) is 0 Å². The van der Waals surface area contributed by atoms with E-state index in [2.05, 4.69) is 0 Å². The first kappa shape index (κ1) is 23.9. The van der Waals surface area contributed by atoms with E-state index in [4.69, 9.17) is 4.74 Å². The molecular formula is C22H34FN3O4S. The second-order valence-corrected chi connectivity index (χ2v) is 10.7. The Kier molecular flexibility index (Phi) is 7.93. The number of methoxy groups -OCH3 is 1. The number of sulfonamides is 1. The van der Waals surface area contributed by atoms with E-state index in [1.54, 1.807) is 11.0 Å². The van der Waals surface area contributed by atoms with Crippen molar-refractivity contribution in [2.45, 2.75) is 57.4 Å². The first-order valence-electron chi connectivity index (χ1n) is 11.1. The van der Waals surface area contributed by atoms with Gasteiger partial charge in [0, 0.05) is 57.1 Å². The van der Waals surface area contributed by atoms with E-state index in [1.807, 2.05) is 24.8 Å². The molecule has 0 N–H and O–H groups in total. The van der Waals surface area contributed by atoms with Gasteiger partial charge in [-0.25, -0.2) is 12.8 Å². The fraction of sp³-hybridized carbons (Fsp3) is 0.682. The van der Waals surface area contributed by atoms with Crippen LogP contribution in [0.4, 0.5) is 10.1 Å². The van der Waals surface area contributed by atoms with Crippen LogP contribution in [0.3, 0.4) is 0 Å². The monoisotopic (exact) mass is 455 g/mol. The van der Waals surface area contributed by atoms with Gasteiger partial charge in [-0.05, 0) is 38.3 Å². The number of benzene rings is 1. The summed E-state index contributed by atoms with van der Waals surface area (Å²) in [6, 6.07) is 4.89. The topological polar surface area (TPSA) is 70.2 Å². The average Bonchev–Trinajstić information content (AvgIpc) is 2.74. The Balaban J connectivity index is 1.68. The first-order chi connectivity index (χ1) is 14.8. The average molecular weight is 456 g/mol. The van der Waals surface area contributed by atoms with Gasteiger partial charge in [-0.3, -0.25) is 4.79 Å². The zero-order valence-electron chi connectivity index (χ0n) is 18.7. The summed E-state index contributed by atoms with van der Waals surface area (Å²) in [5.74, 6) is -0.433. The van der Waals surface area contributed by atoms with E-state index in [1.165, 1.54) is 17.5 Å². The van der Waals surface area contributed by atoms with Crippen molar-refractivity contribution in [3.05, 3.63) is 29.6 Å². The third-order valence-corrected chi connectivity index (χ3v) is 8.84. The van der Waals surface area contributed by atoms with E-state index in [0.717, 1.165) is 18.5 Å². The SMILES string of the molecule is CCCC1CC[C@H](C)N(Cc2ccc(N3CCN(C(=O)COC)CC3)cc2F)S1(=O)=O. The highest BCUT2D eigenvalue weighted by atomic mass is 32.2. The maximum atomic E-state index is 15.0. The summed E-state index contributed by atoms with van der Waals surface area (Å²) in [5.41, 5.74) is 1.14. The minimum absolute atomic E-state index is 0.0399. The van der Waals surface area contributed by atoms with Crippen molar-refractivity contribution in [1.82, 2.24) is 9.21 Å². The second kappa shape index (κ2) is 10.3. The van der Waals surface area contributed by atoms with Gasteiger partial charge in [0.25, 0.3) is 0 Å². The second-order valence-electron chi connectivity index (χ2n) is 8.50. The molecule has 0 saturated carbocycles. The molecule has 1 amide bonds.